The number of nitrogen functional groups attached to an aromatic ring is 1. The standard InChI is InChI=1S/C10H12N2O/c1-6(2)9-7-4-3-5-8(11)10(7)13-12-9/h3-6H,11H2,1-2H3. The topological polar surface area (TPSA) is 52.0 Å². The zero-order valence-corrected chi connectivity index (χ0v) is 7.74. The van der Waals surface area contributed by atoms with Crippen molar-refractivity contribution in [1.29, 1.82) is 0 Å². The van der Waals surface area contributed by atoms with Crippen molar-refractivity contribution < 1.29 is 4.52 Å². The summed E-state index contributed by atoms with van der Waals surface area (Å²) in [5.74, 6) is 0.364. The van der Waals surface area contributed by atoms with Gasteiger partial charge < -0.3 is 10.3 Å². The van der Waals surface area contributed by atoms with Gasteiger partial charge in [0.15, 0.2) is 5.58 Å². The molecule has 2 rings (SSSR count). The normalized spacial score (nSPS) is 11.3. The lowest BCUT2D eigenvalue weighted by atomic mass is 10.1. The second-order valence-electron chi connectivity index (χ2n) is 3.45. The highest BCUT2D eigenvalue weighted by Gasteiger charge is 2.12. The molecule has 3 heteroatoms. The maximum Gasteiger partial charge on any atom is 0.189 e. The fourth-order valence-corrected chi connectivity index (χ4v) is 1.42. The third-order valence-electron chi connectivity index (χ3n) is 2.10. The first kappa shape index (κ1) is 8.10. The fraction of sp³-hybridized carbons (Fsp3) is 0.300. The van der Waals surface area contributed by atoms with Crippen molar-refractivity contribution in [3.8, 4) is 0 Å². The van der Waals surface area contributed by atoms with Crippen molar-refractivity contribution in [3.05, 3.63) is 23.9 Å². The van der Waals surface area contributed by atoms with E-state index < -0.39 is 0 Å². The van der Waals surface area contributed by atoms with Crippen LogP contribution in [0.2, 0.25) is 0 Å². The van der Waals surface area contributed by atoms with E-state index in [0.29, 0.717) is 17.2 Å². The van der Waals surface area contributed by atoms with Crippen LogP contribution in [0.25, 0.3) is 11.0 Å². The second-order valence-corrected chi connectivity index (χ2v) is 3.45. The van der Waals surface area contributed by atoms with Crippen LogP contribution in [0.3, 0.4) is 0 Å². The largest absolute Gasteiger partial charge is 0.396 e. The average Bonchev–Trinajstić information content (AvgIpc) is 2.48. The van der Waals surface area contributed by atoms with Crippen molar-refractivity contribution in [3.63, 3.8) is 0 Å². The number of fused-ring (bicyclic) bond motifs is 1. The first-order valence-electron chi connectivity index (χ1n) is 4.34. The zero-order chi connectivity index (χ0) is 9.42. The minimum Gasteiger partial charge on any atom is -0.396 e. The molecule has 0 aliphatic carbocycles. The monoisotopic (exact) mass is 176 g/mol. The quantitative estimate of drug-likeness (QED) is 0.679. The summed E-state index contributed by atoms with van der Waals surface area (Å²) in [6, 6.07) is 5.72. The molecule has 0 atom stereocenters. The van der Waals surface area contributed by atoms with E-state index in [1.165, 1.54) is 0 Å². The van der Waals surface area contributed by atoms with Crippen molar-refractivity contribution in [1.82, 2.24) is 5.16 Å². The van der Waals surface area contributed by atoms with Crippen molar-refractivity contribution in [2.24, 2.45) is 0 Å². The number of rotatable bonds is 1. The lowest BCUT2D eigenvalue weighted by molar-refractivity contribution is 0.442. The third-order valence-corrected chi connectivity index (χ3v) is 2.10. The Morgan fingerprint density at radius 1 is 1.38 bits per heavy atom. The molecule has 13 heavy (non-hydrogen) atoms. The van der Waals surface area contributed by atoms with E-state index in [1.807, 2.05) is 18.2 Å². The van der Waals surface area contributed by atoms with E-state index in [2.05, 4.69) is 19.0 Å². The van der Waals surface area contributed by atoms with Crippen molar-refractivity contribution in [2.45, 2.75) is 19.8 Å². The summed E-state index contributed by atoms with van der Waals surface area (Å²) < 4.78 is 5.17. The molecule has 0 amide bonds. The number of nitrogens with zero attached hydrogens (tertiary/aromatic N) is 1. The molecule has 2 aromatic rings. The molecular weight excluding hydrogens is 164 g/mol. The second kappa shape index (κ2) is 2.76. The van der Waals surface area contributed by atoms with E-state index >= 15 is 0 Å². The molecule has 1 aromatic heterocycles. The molecule has 3 nitrogen and oxygen atoms in total. The van der Waals surface area contributed by atoms with Crippen LogP contribution in [-0.2, 0) is 0 Å². The highest BCUT2D eigenvalue weighted by Crippen LogP contribution is 2.27. The Morgan fingerprint density at radius 2 is 2.15 bits per heavy atom. The Bertz CT molecular complexity index is 431. The number of anilines is 1. The van der Waals surface area contributed by atoms with E-state index in [9.17, 15) is 0 Å². The van der Waals surface area contributed by atoms with E-state index in [-0.39, 0.29) is 0 Å². The molecule has 1 aromatic carbocycles. The van der Waals surface area contributed by atoms with Gasteiger partial charge in [-0.2, -0.15) is 0 Å². The molecule has 0 fully saturated rings. The van der Waals surface area contributed by atoms with Gasteiger partial charge in [-0.05, 0) is 18.1 Å². The molecule has 2 N–H and O–H groups in total. The Hall–Kier alpha value is -1.51. The molecule has 0 saturated carbocycles. The predicted molar refractivity (Wildman–Crippen MR) is 52.5 cm³/mol. The van der Waals surface area contributed by atoms with Crippen LogP contribution < -0.4 is 5.73 Å². The van der Waals surface area contributed by atoms with Gasteiger partial charge in [0.05, 0.1) is 11.4 Å². The Morgan fingerprint density at radius 3 is 2.85 bits per heavy atom. The first-order valence-corrected chi connectivity index (χ1v) is 4.34. The van der Waals surface area contributed by atoms with Crippen LogP contribution >= 0.6 is 0 Å². The minimum atomic E-state index is 0.364. The van der Waals surface area contributed by atoms with Crippen LogP contribution in [0.4, 0.5) is 5.69 Å². The van der Waals surface area contributed by atoms with Crippen molar-refractivity contribution in [2.75, 3.05) is 5.73 Å². The fourth-order valence-electron chi connectivity index (χ4n) is 1.42. The predicted octanol–water partition coefficient (Wildman–Crippen LogP) is 2.53. The molecule has 0 aliphatic heterocycles. The summed E-state index contributed by atoms with van der Waals surface area (Å²) >= 11 is 0. The summed E-state index contributed by atoms with van der Waals surface area (Å²) in [6.07, 6.45) is 0. The molecule has 0 radical (unpaired) electrons. The summed E-state index contributed by atoms with van der Waals surface area (Å²) in [5, 5.41) is 5.02. The Balaban J connectivity index is 2.75. The van der Waals surface area contributed by atoms with Gasteiger partial charge in [0.2, 0.25) is 0 Å². The van der Waals surface area contributed by atoms with Gasteiger partial charge in [-0.3, -0.25) is 0 Å². The van der Waals surface area contributed by atoms with E-state index in [1.54, 1.807) is 0 Å². The SMILES string of the molecule is CC(C)c1noc2c(N)cccc12. The minimum absolute atomic E-state index is 0.364. The maximum absolute atomic E-state index is 5.74. The zero-order valence-electron chi connectivity index (χ0n) is 7.74. The number of hydrogen-bond donors (Lipinski definition) is 1. The number of hydrogen-bond acceptors (Lipinski definition) is 3. The van der Waals surface area contributed by atoms with Gasteiger partial charge in [-0.25, -0.2) is 0 Å². The van der Waals surface area contributed by atoms with Gasteiger partial charge >= 0.3 is 0 Å². The summed E-state index contributed by atoms with van der Waals surface area (Å²) in [5.41, 5.74) is 8.06. The molecule has 0 bridgehead atoms. The van der Waals surface area contributed by atoms with E-state index in [0.717, 1.165) is 11.1 Å². The van der Waals surface area contributed by atoms with Gasteiger partial charge in [0.25, 0.3) is 0 Å². The van der Waals surface area contributed by atoms with Crippen LogP contribution in [-0.4, -0.2) is 5.16 Å². The Labute approximate surface area is 76.5 Å². The molecule has 1 heterocycles. The lowest BCUT2D eigenvalue weighted by Crippen LogP contribution is -1.88. The van der Waals surface area contributed by atoms with Crippen LogP contribution in [0.5, 0.6) is 0 Å². The van der Waals surface area contributed by atoms with Gasteiger partial charge in [-0.1, -0.05) is 25.1 Å². The smallest absolute Gasteiger partial charge is 0.189 e. The number of benzene rings is 1. The summed E-state index contributed by atoms with van der Waals surface area (Å²) in [7, 11) is 0. The molecule has 0 aliphatic rings. The summed E-state index contributed by atoms with van der Waals surface area (Å²) in [6.45, 7) is 4.17. The number of nitrogens with two attached hydrogens (primary N) is 1. The average molecular weight is 176 g/mol. The number of para-hydroxylation sites is 1. The van der Waals surface area contributed by atoms with Crippen molar-refractivity contribution >= 4 is 16.7 Å². The maximum atomic E-state index is 5.74. The van der Waals surface area contributed by atoms with Crippen LogP contribution in [0.1, 0.15) is 25.5 Å². The van der Waals surface area contributed by atoms with E-state index in [4.69, 9.17) is 10.3 Å². The first-order chi connectivity index (χ1) is 6.20. The molecule has 0 unspecified atom stereocenters. The van der Waals surface area contributed by atoms with Gasteiger partial charge in [0.1, 0.15) is 0 Å². The third kappa shape index (κ3) is 1.16. The van der Waals surface area contributed by atoms with Gasteiger partial charge in [-0.15, -0.1) is 0 Å². The molecule has 0 spiro atoms. The highest BCUT2D eigenvalue weighted by molar-refractivity contribution is 5.89. The Kier molecular flexibility index (Phi) is 1.72. The molecule has 68 valence electrons. The summed E-state index contributed by atoms with van der Waals surface area (Å²) in [4.78, 5) is 0. The highest BCUT2D eigenvalue weighted by atomic mass is 16.5. The molecular formula is C10H12N2O. The number of aromatic nitrogens is 1. The molecule has 0 saturated heterocycles. The van der Waals surface area contributed by atoms with Crippen LogP contribution in [0.15, 0.2) is 22.7 Å². The van der Waals surface area contributed by atoms with Crippen LogP contribution in [0, 0.1) is 0 Å². The lowest BCUT2D eigenvalue weighted by Gasteiger charge is -1.98. The van der Waals surface area contributed by atoms with Gasteiger partial charge in [0, 0.05) is 5.39 Å².